The molecule has 0 unspecified atom stereocenters. The Bertz CT molecular complexity index is 500. The van der Waals surface area contributed by atoms with Crippen LogP contribution in [0.1, 0.15) is 0 Å². The molecule has 0 aromatic heterocycles. The normalized spacial score (nSPS) is 14.7. The van der Waals surface area contributed by atoms with Crippen molar-refractivity contribution in [2.45, 2.75) is 0 Å². The van der Waals surface area contributed by atoms with Crippen LogP contribution in [0.4, 0.5) is 14.9 Å². The molecule has 0 spiro atoms. The molecule has 1 fully saturated rings. The minimum atomic E-state index is -0.398. The Labute approximate surface area is 122 Å². The van der Waals surface area contributed by atoms with Gasteiger partial charge in [0.15, 0.2) is 0 Å². The molecule has 0 radical (unpaired) electrons. The van der Waals surface area contributed by atoms with E-state index in [1.54, 1.807) is 11.9 Å². The third-order valence-corrected chi connectivity index (χ3v) is 3.28. The molecule has 1 aliphatic rings. The molecule has 3 amide bonds. The van der Waals surface area contributed by atoms with E-state index in [0.717, 1.165) is 13.1 Å². The van der Waals surface area contributed by atoms with E-state index in [2.05, 4.69) is 10.6 Å². The van der Waals surface area contributed by atoms with Gasteiger partial charge in [0.25, 0.3) is 0 Å². The summed E-state index contributed by atoms with van der Waals surface area (Å²) in [6.45, 7) is 2.89. The number of hydrogen-bond donors (Lipinski definition) is 2. The number of halogens is 1. The highest BCUT2D eigenvalue weighted by molar-refractivity contribution is 5.92. The van der Waals surface area contributed by atoms with Crippen molar-refractivity contribution in [2.24, 2.45) is 0 Å². The monoisotopic (exact) mass is 294 g/mol. The Morgan fingerprint density at radius 1 is 1.29 bits per heavy atom. The zero-order valence-corrected chi connectivity index (χ0v) is 11.9. The molecule has 0 atom stereocenters. The molecular weight excluding hydrogens is 275 g/mol. The van der Waals surface area contributed by atoms with Gasteiger partial charge in [0.05, 0.1) is 0 Å². The number of anilines is 1. The number of likely N-dealkylation sites (N-methyl/N-ethyl adjacent to an activating group) is 1. The predicted octanol–water partition coefficient (Wildman–Crippen LogP) is 0.721. The second-order valence-corrected chi connectivity index (χ2v) is 4.92. The first-order valence-corrected chi connectivity index (χ1v) is 6.82. The van der Waals surface area contributed by atoms with Crippen molar-refractivity contribution >= 4 is 17.6 Å². The fourth-order valence-corrected chi connectivity index (χ4v) is 2.04. The average molecular weight is 294 g/mol. The van der Waals surface area contributed by atoms with Crippen molar-refractivity contribution in [1.82, 2.24) is 15.1 Å². The second kappa shape index (κ2) is 7.03. The van der Waals surface area contributed by atoms with Crippen LogP contribution in [0, 0.1) is 5.82 Å². The summed E-state index contributed by atoms with van der Waals surface area (Å²) >= 11 is 0. The van der Waals surface area contributed by atoms with E-state index in [1.807, 2.05) is 0 Å². The number of carbonyl (C=O) groups is 2. The van der Waals surface area contributed by atoms with Crippen LogP contribution in [0.15, 0.2) is 24.3 Å². The van der Waals surface area contributed by atoms with E-state index in [0.29, 0.717) is 18.8 Å². The summed E-state index contributed by atoms with van der Waals surface area (Å²) in [5.41, 5.74) is 0.489. The van der Waals surface area contributed by atoms with E-state index < -0.39 is 6.03 Å². The molecule has 6 nitrogen and oxygen atoms in total. The molecule has 21 heavy (non-hydrogen) atoms. The molecular formula is C14H19FN4O2. The molecule has 0 saturated carbocycles. The van der Waals surface area contributed by atoms with Crippen molar-refractivity contribution in [2.75, 3.05) is 45.1 Å². The van der Waals surface area contributed by atoms with Crippen molar-refractivity contribution in [3.8, 4) is 0 Å². The van der Waals surface area contributed by atoms with Crippen LogP contribution in [-0.2, 0) is 4.79 Å². The number of rotatable bonds is 3. The number of amides is 3. The Morgan fingerprint density at radius 3 is 2.52 bits per heavy atom. The van der Waals surface area contributed by atoms with Gasteiger partial charge in [-0.1, -0.05) is 0 Å². The van der Waals surface area contributed by atoms with Gasteiger partial charge in [-0.15, -0.1) is 0 Å². The van der Waals surface area contributed by atoms with E-state index >= 15 is 0 Å². The minimum Gasteiger partial charge on any atom is -0.339 e. The first-order valence-electron chi connectivity index (χ1n) is 6.82. The van der Waals surface area contributed by atoms with Crippen LogP contribution in [0.25, 0.3) is 0 Å². The summed E-state index contributed by atoms with van der Waals surface area (Å²) in [7, 11) is 1.55. The third kappa shape index (κ3) is 4.42. The van der Waals surface area contributed by atoms with Crippen LogP contribution >= 0.6 is 0 Å². The van der Waals surface area contributed by atoms with Crippen LogP contribution < -0.4 is 10.6 Å². The fourth-order valence-electron chi connectivity index (χ4n) is 2.04. The van der Waals surface area contributed by atoms with Crippen molar-refractivity contribution in [3.05, 3.63) is 30.1 Å². The zero-order valence-electron chi connectivity index (χ0n) is 11.9. The topological polar surface area (TPSA) is 64.7 Å². The molecule has 1 saturated heterocycles. The van der Waals surface area contributed by atoms with Gasteiger partial charge in [-0.25, -0.2) is 9.18 Å². The maximum Gasteiger partial charge on any atom is 0.322 e. The standard InChI is InChI=1S/C14H19FN4O2/c1-18(10-13(20)19-8-6-16-7-9-19)14(21)17-12-4-2-11(15)3-5-12/h2-5,16H,6-10H2,1H3,(H,17,21). The quantitative estimate of drug-likeness (QED) is 0.863. The second-order valence-electron chi connectivity index (χ2n) is 4.92. The summed E-state index contributed by atoms with van der Waals surface area (Å²) in [5, 5.41) is 5.78. The number of hydrogen-bond acceptors (Lipinski definition) is 3. The van der Waals surface area contributed by atoms with Crippen LogP contribution in [0.2, 0.25) is 0 Å². The number of nitrogens with zero attached hydrogens (tertiary/aromatic N) is 2. The molecule has 1 aromatic rings. The van der Waals surface area contributed by atoms with Crippen LogP contribution in [0.3, 0.4) is 0 Å². The minimum absolute atomic E-state index is 0.0209. The first-order chi connectivity index (χ1) is 10.1. The lowest BCUT2D eigenvalue weighted by Gasteiger charge is -2.29. The molecule has 114 valence electrons. The highest BCUT2D eigenvalue weighted by Gasteiger charge is 2.19. The Balaban J connectivity index is 1.84. The maximum atomic E-state index is 12.8. The van der Waals surface area contributed by atoms with Gasteiger partial charge in [-0.3, -0.25) is 4.79 Å². The smallest absolute Gasteiger partial charge is 0.322 e. The van der Waals surface area contributed by atoms with E-state index in [-0.39, 0.29) is 18.3 Å². The molecule has 2 N–H and O–H groups in total. The predicted molar refractivity (Wildman–Crippen MR) is 77.5 cm³/mol. The summed E-state index contributed by atoms with van der Waals surface area (Å²) < 4.78 is 12.8. The summed E-state index contributed by atoms with van der Waals surface area (Å²) in [5.74, 6) is -0.441. The lowest BCUT2D eigenvalue weighted by Crippen LogP contribution is -2.50. The molecule has 2 rings (SSSR count). The highest BCUT2D eigenvalue weighted by atomic mass is 19.1. The van der Waals surface area contributed by atoms with Gasteiger partial charge >= 0.3 is 6.03 Å². The van der Waals surface area contributed by atoms with E-state index in [9.17, 15) is 14.0 Å². The van der Waals surface area contributed by atoms with Gasteiger partial charge in [0.1, 0.15) is 12.4 Å². The zero-order chi connectivity index (χ0) is 15.2. The van der Waals surface area contributed by atoms with E-state index in [1.165, 1.54) is 29.2 Å². The SMILES string of the molecule is CN(CC(=O)N1CCNCC1)C(=O)Nc1ccc(F)cc1. The molecule has 1 aromatic carbocycles. The Morgan fingerprint density at radius 2 is 1.90 bits per heavy atom. The molecule has 0 aliphatic carbocycles. The van der Waals surface area contributed by atoms with Crippen LogP contribution in [-0.4, -0.2) is 61.5 Å². The van der Waals surface area contributed by atoms with Gasteiger partial charge < -0.3 is 20.4 Å². The van der Waals surface area contributed by atoms with Gasteiger partial charge in [-0.05, 0) is 24.3 Å². The van der Waals surface area contributed by atoms with Gasteiger partial charge in [-0.2, -0.15) is 0 Å². The summed E-state index contributed by atoms with van der Waals surface area (Å²) in [6, 6.07) is 5.08. The Hall–Kier alpha value is -2.15. The molecule has 1 aliphatic heterocycles. The number of nitrogens with one attached hydrogen (secondary N) is 2. The number of carbonyl (C=O) groups excluding carboxylic acids is 2. The van der Waals surface area contributed by atoms with E-state index in [4.69, 9.17) is 0 Å². The first kappa shape index (κ1) is 15.2. The van der Waals surface area contributed by atoms with Crippen molar-refractivity contribution in [1.29, 1.82) is 0 Å². The summed E-state index contributed by atoms with van der Waals surface area (Å²) in [4.78, 5) is 27.0. The molecule has 1 heterocycles. The van der Waals surface area contributed by atoms with Crippen LogP contribution in [0.5, 0.6) is 0 Å². The summed E-state index contributed by atoms with van der Waals surface area (Å²) in [6.07, 6.45) is 0. The van der Waals surface area contributed by atoms with Crippen molar-refractivity contribution in [3.63, 3.8) is 0 Å². The lowest BCUT2D eigenvalue weighted by atomic mass is 10.3. The van der Waals surface area contributed by atoms with Crippen molar-refractivity contribution < 1.29 is 14.0 Å². The maximum absolute atomic E-state index is 12.8. The lowest BCUT2D eigenvalue weighted by molar-refractivity contribution is -0.132. The number of urea groups is 1. The Kier molecular flexibility index (Phi) is 5.10. The molecule has 7 heteroatoms. The average Bonchev–Trinajstić information content (AvgIpc) is 2.50. The number of benzene rings is 1. The number of piperazine rings is 1. The highest BCUT2D eigenvalue weighted by Crippen LogP contribution is 2.09. The fraction of sp³-hybridized carbons (Fsp3) is 0.429. The third-order valence-electron chi connectivity index (χ3n) is 3.28. The van der Waals surface area contributed by atoms with Gasteiger partial charge in [0, 0.05) is 38.9 Å². The molecule has 0 bridgehead atoms. The largest absolute Gasteiger partial charge is 0.339 e. The van der Waals surface area contributed by atoms with Gasteiger partial charge in [0.2, 0.25) is 5.91 Å².